The van der Waals surface area contributed by atoms with Crippen LogP contribution in [0.2, 0.25) is 0 Å². The summed E-state index contributed by atoms with van der Waals surface area (Å²) in [4.78, 5) is 0. The summed E-state index contributed by atoms with van der Waals surface area (Å²) in [5.74, 6) is 0. The van der Waals surface area contributed by atoms with E-state index in [9.17, 15) is 13.2 Å². The minimum absolute atomic E-state index is 0.0255. The van der Waals surface area contributed by atoms with Crippen LogP contribution in [0.1, 0.15) is 5.69 Å². The molecule has 0 radical (unpaired) electrons. The van der Waals surface area contributed by atoms with Crippen molar-refractivity contribution in [2.24, 2.45) is 0 Å². The molecule has 0 saturated heterocycles. The fraction of sp³-hybridized carbons (Fsp3) is 0.400. The van der Waals surface area contributed by atoms with Crippen LogP contribution in [0.5, 0.6) is 0 Å². The van der Waals surface area contributed by atoms with Crippen molar-refractivity contribution in [2.45, 2.75) is 13.2 Å². The van der Waals surface area contributed by atoms with Gasteiger partial charge in [0.05, 0.1) is 5.69 Å². The van der Waals surface area contributed by atoms with Crippen molar-refractivity contribution in [3.63, 3.8) is 0 Å². The molecule has 1 aromatic rings. The molecule has 0 spiro atoms. The van der Waals surface area contributed by atoms with Crippen LogP contribution in [0.15, 0.2) is 12.3 Å². The molecule has 0 aromatic carbocycles. The molecule has 0 fully saturated rings. The largest absolute Gasteiger partial charge is 0.504 e. The van der Waals surface area contributed by atoms with Gasteiger partial charge >= 0.3 is 6.30 Å². The van der Waals surface area contributed by atoms with Crippen LogP contribution < -0.4 is 0 Å². The Kier molecular flexibility index (Phi) is 1.42. The lowest BCUT2D eigenvalue weighted by Crippen LogP contribution is -2.16. The average Bonchev–Trinajstić information content (AvgIpc) is 2.11. The second kappa shape index (κ2) is 2.00. The van der Waals surface area contributed by atoms with E-state index < -0.39 is 6.30 Å². The molecule has 0 bridgehead atoms. The molecule has 0 aliphatic carbocycles. The Morgan fingerprint density at radius 3 is 2.30 bits per heavy atom. The lowest BCUT2D eigenvalue weighted by Gasteiger charge is -2.03. The lowest BCUT2D eigenvalue weighted by molar-refractivity contribution is -0.212. The molecule has 1 aromatic heterocycles. The molecular weight excluding hydrogens is 145 g/mol. The fourth-order valence-electron chi connectivity index (χ4n) is 0.556. The van der Waals surface area contributed by atoms with E-state index in [0.717, 1.165) is 6.20 Å². The zero-order valence-electron chi connectivity index (χ0n) is 5.18. The smallest absolute Gasteiger partial charge is 0.179 e. The molecule has 2 nitrogen and oxygen atoms in total. The van der Waals surface area contributed by atoms with Gasteiger partial charge in [0.25, 0.3) is 0 Å². The number of halogens is 3. The van der Waals surface area contributed by atoms with E-state index in [4.69, 9.17) is 0 Å². The molecule has 0 saturated carbocycles. The van der Waals surface area contributed by atoms with Crippen molar-refractivity contribution in [1.82, 2.24) is 9.78 Å². The van der Waals surface area contributed by atoms with Crippen molar-refractivity contribution >= 4 is 0 Å². The number of aryl methyl sites for hydroxylation is 1. The maximum absolute atomic E-state index is 11.7. The summed E-state index contributed by atoms with van der Waals surface area (Å²) in [5.41, 5.74) is 0.359. The lowest BCUT2D eigenvalue weighted by atomic mass is 10.5. The molecule has 10 heavy (non-hydrogen) atoms. The van der Waals surface area contributed by atoms with Gasteiger partial charge in [-0.2, -0.15) is 9.78 Å². The van der Waals surface area contributed by atoms with Crippen molar-refractivity contribution < 1.29 is 13.2 Å². The standard InChI is InChI=1S/C5H5F3N2/c1-4-2-3-10(9-4)5(6,7)8/h2-3H,1H3. The van der Waals surface area contributed by atoms with Crippen molar-refractivity contribution in [3.05, 3.63) is 18.0 Å². The van der Waals surface area contributed by atoms with Crippen LogP contribution in [0, 0.1) is 6.92 Å². The van der Waals surface area contributed by atoms with Gasteiger partial charge in [0.1, 0.15) is 0 Å². The Hall–Kier alpha value is -1.00. The van der Waals surface area contributed by atoms with E-state index in [1.54, 1.807) is 0 Å². The average molecular weight is 150 g/mol. The molecule has 0 aliphatic heterocycles. The monoisotopic (exact) mass is 150 g/mol. The summed E-state index contributed by atoms with van der Waals surface area (Å²) >= 11 is 0. The molecule has 0 amide bonds. The molecule has 0 atom stereocenters. The highest BCUT2D eigenvalue weighted by atomic mass is 19.4. The SMILES string of the molecule is Cc1ccn(C(F)(F)F)n1. The second-order valence-corrected chi connectivity index (χ2v) is 1.87. The summed E-state index contributed by atoms with van der Waals surface area (Å²) < 4.78 is 35.1. The number of aromatic nitrogens is 2. The molecule has 1 heterocycles. The van der Waals surface area contributed by atoms with Crippen LogP contribution in [0.3, 0.4) is 0 Å². The third-order valence-corrected chi connectivity index (χ3v) is 0.982. The van der Waals surface area contributed by atoms with E-state index in [-0.39, 0.29) is 4.68 Å². The Labute approximate surface area is 55.3 Å². The third-order valence-electron chi connectivity index (χ3n) is 0.982. The summed E-state index contributed by atoms with van der Waals surface area (Å²) in [6, 6.07) is 1.30. The van der Waals surface area contributed by atoms with Gasteiger partial charge in [-0.15, -0.1) is 13.2 Å². The minimum Gasteiger partial charge on any atom is -0.179 e. The molecule has 0 unspecified atom stereocenters. The van der Waals surface area contributed by atoms with Gasteiger partial charge in [0, 0.05) is 6.20 Å². The molecule has 0 N–H and O–H groups in total. The van der Waals surface area contributed by atoms with E-state index in [1.165, 1.54) is 13.0 Å². The molecule has 5 heteroatoms. The number of hydrogen-bond acceptors (Lipinski definition) is 1. The van der Waals surface area contributed by atoms with Gasteiger partial charge in [0.15, 0.2) is 0 Å². The van der Waals surface area contributed by atoms with E-state index >= 15 is 0 Å². The predicted octanol–water partition coefficient (Wildman–Crippen LogP) is 1.67. The summed E-state index contributed by atoms with van der Waals surface area (Å²) in [6.45, 7) is 1.50. The van der Waals surface area contributed by atoms with Crippen LogP contribution in [0.4, 0.5) is 13.2 Å². The predicted molar refractivity (Wildman–Crippen MR) is 28.3 cm³/mol. The minimum atomic E-state index is -4.38. The molecule has 1 rings (SSSR count). The van der Waals surface area contributed by atoms with Crippen molar-refractivity contribution in [1.29, 1.82) is 0 Å². The summed E-state index contributed by atoms with van der Waals surface area (Å²) in [5, 5.41) is 3.17. The van der Waals surface area contributed by atoms with Gasteiger partial charge in [0.2, 0.25) is 0 Å². The number of alkyl halides is 3. The van der Waals surface area contributed by atoms with E-state index in [0.29, 0.717) is 5.69 Å². The second-order valence-electron chi connectivity index (χ2n) is 1.87. The first-order valence-corrected chi connectivity index (χ1v) is 2.59. The summed E-state index contributed by atoms with van der Waals surface area (Å²) in [7, 11) is 0. The van der Waals surface area contributed by atoms with Gasteiger partial charge < -0.3 is 0 Å². The highest BCUT2D eigenvalue weighted by Crippen LogP contribution is 2.20. The zero-order chi connectivity index (χ0) is 7.78. The first kappa shape index (κ1) is 7.11. The maximum Gasteiger partial charge on any atom is 0.504 e. The van der Waals surface area contributed by atoms with Crippen LogP contribution in [-0.2, 0) is 6.30 Å². The first-order valence-electron chi connectivity index (χ1n) is 2.59. The fourth-order valence-corrected chi connectivity index (χ4v) is 0.556. The topological polar surface area (TPSA) is 17.8 Å². The number of nitrogens with zero attached hydrogens (tertiary/aromatic N) is 2. The first-order chi connectivity index (χ1) is 4.50. The van der Waals surface area contributed by atoms with Crippen LogP contribution in [0.25, 0.3) is 0 Å². The zero-order valence-corrected chi connectivity index (χ0v) is 5.18. The van der Waals surface area contributed by atoms with Gasteiger partial charge in [-0.05, 0) is 13.0 Å². The quantitative estimate of drug-likeness (QED) is 0.550. The van der Waals surface area contributed by atoms with Gasteiger partial charge in [-0.1, -0.05) is 0 Å². The molecule has 56 valence electrons. The maximum atomic E-state index is 11.7. The highest BCUT2D eigenvalue weighted by Gasteiger charge is 2.30. The Bertz CT molecular complexity index is 225. The highest BCUT2D eigenvalue weighted by molar-refractivity contribution is 4.95. The number of rotatable bonds is 0. The van der Waals surface area contributed by atoms with Gasteiger partial charge in [-0.25, -0.2) is 0 Å². The van der Waals surface area contributed by atoms with Gasteiger partial charge in [-0.3, -0.25) is 0 Å². The van der Waals surface area contributed by atoms with Crippen LogP contribution >= 0.6 is 0 Å². The number of hydrogen-bond donors (Lipinski definition) is 0. The van der Waals surface area contributed by atoms with E-state index in [1.807, 2.05) is 0 Å². The molecular formula is C5H5F3N2. The molecule has 0 aliphatic rings. The van der Waals surface area contributed by atoms with Crippen molar-refractivity contribution in [2.75, 3.05) is 0 Å². The summed E-state index contributed by atoms with van der Waals surface area (Å²) in [6.07, 6.45) is -3.50. The third kappa shape index (κ3) is 1.29. The Balaban J connectivity index is 2.96. The van der Waals surface area contributed by atoms with E-state index in [2.05, 4.69) is 5.10 Å². The Morgan fingerprint density at radius 2 is 2.10 bits per heavy atom. The van der Waals surface area contributed by atoms with Crippen LogP contribution in [-0.4, -0.2) is 9.78 Å². The Morgan fingerprint density at radius 1 is 1.50 bits per heavy atom. The normalized spacial score (nSPS) is 12.0. The van der Waals surface area contributed by atoms with Crippen molar-refractivity contribution in [3.8, 4) is 0 Å².